The van der Waals surface area contributed by atoms with Crippen molar-refractivity contribution in [1.29, 1.82) is 0 Å². The second-order valence-electron chi connectivity index (χ2n) is 0.189. The summed E-state index contributed by atoms with van der Waals surface area (Å²) in [4.78, 5) is 0. The zero-order valence-electron chi connectivity index (χ0n) is 4.90. The van der Waals surface area contributed by atoms with E-state index in [0.29, 0.717) is 0 Å². The second-order valence-corrected chi connectivity index (χ2v) is 0.567. The van der Waals surface area contributed by atoms with Gasteiger partial charge in [-0.15, -0.1) is 0 Å². The molecule has 0 aromatic heterocycles. The van der Waals surface area contributed by atoms with Gasteiger partial charge in [-0.1, -0.05) is 0 Å². The first-order valence-electron chi connectivity index (χ1n) is 0.463. The van der Waals surface area contributed by atoms with E-state index >= 15 is 0 Å². The molecular formula is H12ClCuO9+. The molecule has 0 unspecified atom stereocenters. The number of hydrogen-bond acceptors (Lipinski definition) is 3. The first-order valence-corrected chi connectivity index (χ1v) is 1.39. The average Bonchev–Trinajstić information content (AvgIpc) is 0.811. The smallest absolute Gasteiger partial charge is 0.412 e. The van der Waals surface area contributed by atoms with Gasteiger partial charge in [-0.3, -0.25) is 0 Å². The third kappa shape index (κ3) is 3690. The Kier molecular flexibility index (Phi) is 749. The summed E-state index contributed by atoms with van der Waals surface area (Å²) in [6.07, 6.45) is 0. The van der Waals surface area contributed by atoms with Crippen molar-refractivity contribution in [2.45, 2.75) is 0 Å². The number of rotatable bonds is 0. The molecule has 0 bridgehead atoms. The van der Waals surface area contributed by atoms with Crippen molar-refractivity contribution < 1.29 is 74.7 Å². The average molecular weight is 255 g/mol. The molecule has 0 aromatic carbocycles. The molecule has 11 heteroatoms. The monoisotopic (exact) mass is 254 g/mol. The minimum absolute atomic E-state index is 0. The van der Waals surface area contributed by atoms with Crippen LogP contribution in [0.25, 0.3) is 0 Å². The molecule has 9 nitrogen and oxygen atoms in total. The summed E-state index contributed by atoms with van der Waals surface area (Å²) >= 11 is 0. The van der Waals surface area contributed by atoms with E-state index in [1.165, 1.54) is 0 Å². The van der Waals surface area contributed by atoms with Gasteiger partial charge < -0.3 is 46.8 Å². The van der Waals surface area contributed by atoms with Gasteiger partial charge in [-0.25, -0.2) is 0 Å². The van der Waals surface area contributed by atoms with Crippen LogP contribution in [0.1, 0.15) is 0 Å². The van der Waals surface area contributed by atoms with Crippen LogP contribution in [0.3, 0.4) is 0 Å². The van der Waals surface area contributed by atoms with E-state index < -0.39 is 10.8 Å². The Balaban J connectivity index is -0.00000000214. The van der Waals surface area contributed by atoms with Gasteiger partial charge in [0.2, 0.25) is 0 Å². The van der Waals surface area contributed by atoms with Gasteiger partial charge in [-0.2, -0.15) is 0 Å². The first-order chi connectivity index (χ1) is 1.73. The van der Waals surface area contributed by atoms with Crippen molar-refractivity contribution in [2.24, 2.45) is 0 Å². The molecule has 0 saturated heterocycles. The summed E-state index contributed by atoms with van der Waals surface area (Å²) in [5.41, 5.74) is 0. The molecule has 0 rings (SSSR count). The SMILES string of the molecule is O.O.O.O.O.O.[Cu+2].[O-][Cl+2]([O-])[O-]. The molecular weight excluding hydrogens is 243 g/mol. The minimum atomic E-state index is -2.85. The van der Waals surface area contributed by atoms with Crippen LogP contribution >= 0.6 is 0 Å². The summed E-state index contributed by atoms with van der Waals surface area (Å²) in [5.74, 6) is 0. The van der Waals surface area contributed by atoms with Gasteiger partial charge in [0.1, 0.15) is 0 Å². The molecule has 0 aliphatic carbocycles. The molecule has 0 heterocycles. The predicted octanol–water partition coefficient (Wildman–Crippen LogP) is -8.52. The quantitative estimate of drug-likeness (QED) is 0.381. The number of hydrogen-bond donors (Lipinski definition) is 0. The van der Waals surface area contributed by atoms with E-state index in [1.807, 2.05) is 0 Å². The van der Waals surface area contributed by atoms with Crippen LogP contribution in [-0.2, 0) is 17.1 Å². The van der Waals surface area contributed by atoms with Crippen LogP contribution in [0.4, 0.5) is 0 Å². The Morgan fingerprint density at radius 1 is 0.545 bits per heavy atom. The second kappa shape index (κ2) is 78.4. The summed E-state index contributed by atoms with van der Waals surface area (Å²) in [6, 6.07) is 0. The maximum Gasteiger partial charge on any atom is 2.00 e. The van der Waals surface area contributed by atoms with E-state index in [9.17, 15) is 0 Å². The first kappa shape index (κ1) is 105. The third-order valence-electron chi connectivity index (χ3n) is 0. The molecule has 0 spiro atoms. The summed E-state index contributed by atoms with van der Waals surface area (Å²) in [5, 5.41) is 0. The molecule has 83 valence electrons. The van der Waals surface area contributed by atoms with Crippen LogP contribution in [0.15, 0.2) is 0 Å². The fourth-order valence-electron chi connectivity index (χ4n) is 0. The normalized spacial score (nSPS) is 3.27. The largest absolute Gasteiger partial charge is 2.00 e. The van der Waals surface area contributed by atoms with Gasteiger partial charge >= 0.3 is 17.1 Å². The molecule has 0 fully saturated rings. The van der Waals surface area contributed by atoms with Crippen molar-refractivity contribution in [1.82, 2.24) is 0 Å². The maximum atomic E-state index is 8.41. The van der Waals surface area contributed by atoms with Crippen LogP contribution in [0, 0.1) is 10.8 Å². The third-order valence-corrected chi connectivity index (χ3v) is 0. The summed E-state index contributed by atoms with van der Waals surface area (Å²) < 4.78 is 25.2. The van der Waals surface area contributed by atoms with Crippen molar-refractivity contribution in [3.05, 3.63) is 0 Å². The Hall–Kier alpha value is 0.449. The van der Waals surface area contributed by atoms with E-state index in [1.54, 1.807) is 0 Å². The van der Waals surface area contributed by atoms with E-state index in [4.69, 9.17) is 14.0 Å². The van der Waals surface area contributed by atoms with Crippen molar-refractivity contribution in [3.8, 4) is 0 Å². The van der Waals surface area contributed by atoms with Gasteiger partial charge in [0.05, 0.1) is 10.8 Å². The Morgan fingerprint density at radius 2 is 0.545 bits per heavy atom. The molecule has 0 aliphatic rings. The van der Waals surface area contributed by atoms with Crippen LogP contribution < -0.4 is 14.0 Å². The fourth-order valence-corrected chi connectivity index (χ4v) is 0. The maximum absolute atomic E-state index is 8.41. The molecule has 0 saturated carbocycles. The Morgan fingerprint density at radius 3 is 0.545 bits per heavy atom. The molecule has 0 aliphatic heterocycles. The van der Waals surface area contributed by atoms with Crippen LogP contribution in [-0.4, -0.2) is 32.9 Å². The topological polar surface area (TPSA) is 258 Å². The van der Waals surface area contributed by atoms with E-state index in [0.717, 1.165) is 0 Å². The van der Waals surface area contributed by atoms with Crippen molar-refractivity contribution in [3.63, 3.8) is 0 Å². The van der Waals surface area contributed by atoms with Gasteiger partial charge in [0, 0.05) is 0 Å². The number of halogens is 1. The van der Waals surface area contributed by atoms with Gasteiger partial charge in [-0.05, 0) is 0 Å². The summed E-state index contributed by atoms with van der Waals surface area (Å²) in [7, 11) is -2.85. The molecule has 0 atom stereocenters. The van der Waals surface area contributed by atoms with E-state index in [2.05, 4.69) is 0 Å². The Labute approximate surface area is 75.4 Å². The molecule has 0 aromatic rings. The fraction of sp³-hybridized carbons (Fsp3) is 0. The zero-order chi connectivity index (χ0) is 3.58. The molecule has 12 N–H and O–H groups in total. The minimum Gasteiger partial charge on any atom is -0.412 e. The Bertz CT molecular complexity index is 14.3. The van der Waals surface area contributed by atoms with Crippen LogP contribution in [0.2, 0.25) is 0 Å². The molecule has 0 amide bonds. The molecule has 1 radical (unpaired) electrons. The van der Waals surface area contributed by atoms with Crippen molar-refractivity contribution in [2.75, 3.05) is 0 Å². The van der Waals surface area contributed by atoms with Gasteiger partial charge in [0.15, 0.2) is 0 Å². The van der Waals surface area contributed by atoms with Gasteiger partial charge in [0.25, 0.3) is 0 Å². The standard InChI is InChI=1S/ClO3.Cu.6H2O/c2-1(3)4;;;;;;;/h;;6*1H2/q-1;+2;;;;;;. The van der Waals surface area contributed by atoms with Crippen molar-refractivity contribution >= 4 is 0 Å². The summed E-state index contributed by atoms with van der Waals surface area (Å²) in [6.45, 7) is 0. The van der Waals surface area contributed by atoms with E-state index in [-0.39, 0.29) is 49.9 Å². The predicted molar refractivity (Wildman–Crippen MR) is 21.7 cm³/mol. The molecule has 11 heavy (non-hydrogen) atoms. The zero-order valence-corrected chi connectivity index (χ0v) is 6.60. The van der Waals surface area contributed by atoms with Crippen LogP contribution in [0.5, 0.6) is 0 Å².